The molecular weight excluding hydrogens is 272 g/mol. The van der Waals surface area contributed by atoms with Gasteiger partial charge in [0.15, 0.2) is 0 Å². The van der Waals surface area contributed by atoms with E-state index < -0.39 is 0 Å². The Labute approximate surface area is 122 Å². The summed E-state index contributed by atoms with van der Waals surface area (Å²) in [7, 11) is 0. The van der Waals surface area contributed by atoms with E-state index in [9.17, 15) is 9.59 Å². The third kappa shape index (κ3) is 2.82. The number of fused-ring (bicyclic) bond motifs is 1. The van der Waals surface area contributed by atoms with Gasteiger partial charge in [-0.1, -0.05) is 24.6 Å². The number of amides is 2. The number of rotatable bonds is 1. The summed E-state index contributed by atoms with van der Waals surface area (Å²) in [6.07, 6.45) is 3.24. The summed E-state index contributed by atoms with van der Waals surface area (Å²) in [6, 6.07) is 7.69. The van der Waals surface area contributed by atoms with Crippen LogP contribution in [0, 0.1) is 0 Å². The van der Waals surface area contributed by atoms with E-state index in [1.54, 1.807) is 16.7 Å². The smallest absolute Gasteiger partial charge is 0.244 e. The van der Waals surface area contributed by atoms with E-state index >= 15 is 0 Å². The number of para-hydroxylation sites is 1. The fourth-order valence-corrected chi connectivity index (χ4v) is 3.98. The van der Waals surface area contributed by atoms with Crippen LogP contribution in [0.3, 0.4) is 0 Å². The number of hydrogen-bond acceptors (Lipinski definition) is 3. The number of thioether (sulfide) groups is 1. The molecule has 4 nitrogen and oxygen atoms in total. The highest BCUT2D eigenvalue weighted by Gasteiger charge is 2.29. The van der Waals surface area contributed by atoms with Crippen molar-refractivity contribution in [3.8, 4) is 0 Å². The summed E-state index contributed by atoms with van der Waals surface area (Å²) in [6.45, 7) is 0.676. The molecule has 0 aliphatic carbocycles. The van der Waals surface area contributed by atoms with Crippen LogP contribution in [0.2, 0.25) is 0 Å². The summed E-state index contributed by atoms with van der Waals surface area (Å²) in [5.41, 5.74) is 1.83. The minimum Gasteiger partial charge on any atom is -0.328 e. The minimum atomic E-state index is -0.107. The highest BCUT2D eigenvalue weighted by Crippen LogP contribution is 2.28. The summed E-state index contributed by atoms with van der Waals surface area (Å²) in [5, 5.41) is 2.90. The van der Waals surface area contributed by atoms with Crippen molar-refractivity contribution >= 4 is 29.3 Å². The number of anilines is 1. The second-order valence-corrected chi connectivity index (χ2v) is 6.57. The molecule has 1 unspecified atom stereocenters. The van der Waals surface area contributed by atoms with Crippen LogP contribution < -0.4 is 5.32 Å². The van der Waals surface area contributed by atoms with Gasteiger partial charge in [-0.05, 0) is 30.2 Å². The Balaban J connectivity index is 1.79. The molecular formula is C15H18N2O2S. The molecule has 1 saturated heterocycles. The molecule has 1 N–H and O–H groups in total. The zero-order chi connectivity index (χ0) is 13.9. The maximum Gasteiger partial charge on any atom is 0.244 e. The second-order valence-electron chi connectivity index (χ2n) is 5.25. The molecule has 0 spiro atoms. The van der Waals surface area contributed by atoms with Crippen LogP contribution >= 0.6 is 11.8 Å². The van der Waals surface area contributed by atoms with E-state index in [4.69, 9.17) is 0 Å². The van der Waals surface area contributed by atoms with Gasteiger partial charge in [0.05, 0.1) is 5.25 Å². The molecule has 1 aromatic rings. The average molecular weight is 290 g/mol. The van der Waals surface area contributed by atoms with E-state index in [1.807, 2.05) is 24.3 Å². The molecule has 2 amide bonds. The number of carbonyl (C=O) groups excluding carboxylic acids is 2. The predicted molar refractivity (Wildman–Crippen MR) is 80.6 cm³/mol. The Bertz CT molecular complexity index is 526. The van der Waals surface area contributed by atoms with Crippen LogP contribution in [-0.4, -0.2) is 34.3 Å². The fraction of sp³-hybridized carbons (Fsp3) is 0.467. The highest BCUT2D eigenvalue weighted by molar-refractivity contribution is 8.00. The Morgan fingerprint density at radius 3 is 2.90 bits per heavy atom. The van der Waals surface area contributed by atoms with Crippen molar-refractivity contribution in [2.45, 2.75) is 31.1 Å². The first-order chi connectivity index (χ1) is 9.74. The normalized spacial score (nSPS) is 22.7. The maximum atomic E-state index is 12.6. The van der Waals surface area contributed by atoms with Gasteiger partial charge in [-0.15, -0.1) is 11.8 Å². The summed E-state index contributed by atoms with van der Waals surface area (Å²) >= 11 is 1.73. The summed E-state index contributed by atoms with van der Waals surface area (Å²) in [5.74, 6) is 1.05. The summed E-state index contributed by atoms with van der Waals surface area (Å²) in [4.78, 5) is 26.2. The molecule has 1 atom stereocenters. The largest absolute Gasteiger partial charge is 0.328 e. The van der Waals surface area contributed by atoms with Crippen LogP contribution in [0.1, 0.15) is 24.8 Å². The fourth-order valence-electron chi connectivity index (χ4n) is 2.70. The maximum absolute atomic E-state index is 12.6. The second kappa shape index (κ2) is 5.87. The van der Waals surface area contributed by atoms with Crippen LogP contribution in [0.25, 0.3) is 0 Å². The van der Waals surface area contributed by atoms with Gasteiger partial charge >= 0.3 is 0 Å². The first-order valence-electron chi connectivity index (χ1n) is 7.02. The third-order valence-electron chi connectivity index (χ3n) is 3.75. The van der Waals surface area contributed by atoms with Gasteiger partial charge in [0.2, 0.25) is 11.8 Å². The van der Waals surface area contributed by atoms with Gasteiger partial charge in [-0.2, -0.15) is 0 Å². The molecule has 3 rings (SSSR count). The Morgan fingerprint density at radius 2 is 2.10 bits per heavy atom. The molecule has 2 heterocycles. The number of nitrogens with zero attached hydrogens (tertiary/aromatic N) is 1. The lowest BCUT2D eigenvalue weighted by Crippen LogP contribution is -2.41. The van der Waals surface area contributed by atoms with E-state index in [0.29, 0.717) is 6.54 Å². The molecule has 0 radical (unpaired) electrons. The molecule has 1 fully saturated rings. The van der Waals surface area contributed by atoms with Gasteiger partial charge in [0, 0.05) is 12.2 Å². The molecule has 1 aromatic carbocycles. The molecule has 20 heavy (non-hydrogen) atoms. The topological polar surface area (TPSA) is 49.4 Å². The number of hydrogen-bond donors (Lipinski definition) is 1. The molecule has 0 bridgehead atoms. The van der Waals surface area contributed by atoms with Crippen LogP contribution in [0.4, 0.5) is 5.69 Å². The highest BCUT2D eigenvalue weighted by atomic mass is 32.2. The van der Waals surface area contributed by atoms with Crippen molar-refractivity contribution in [3.05, 3.63) is 29.8 Å². The molecule has 0 saturated carbocycles. The SMILES string of the molecule is O=C1CN(C(=O)C2CCCCS2)Cc2ccccc2N1. The lowest BCUT2D eigenvalue weighted by atomic mass is 10.1. The standard InChI is InChI=1S/C15H18N2O2S/c18-14-10-17(15(19)13-7-3-4-8-20-13)9-11-5-1-2-6-12(11)16-14/h1-2,5-6,13H,3-4,7-10H2,(H,16,18). The molecule has 2 aliphatic heterocycles. The summed E-state index contributed by atoms with van der Waals surface area (Å²) < 4.78 is 0. The van der Waals surface area contributed by atoms with Crippen LogP contribution in [-0.2, 0) is 16.1 Å². The minimum absolute atomic E-state index is 0.0295. The van der Waals surface area contributed by atoms with Crippen molar-refractivity contribution < 1.29 is 9.59 Å². The number of carbonyl (C=O) groups is 2. The van der Waals surface area contributed by atoms with Gasteiger partial charge in [-0.3, -0.25) is 9.59 Å². The van der Waals surface area contributed by atoms with Gasteiger partial charge < -0.3 is 10.2 Å². The Morgan fingerprint density at radius 1 is 1.25 bits per heavy atom. The lowest BCUT2D eigenvalue weighted by molar-refractivity contribution is -0.134. The molecule has 2 aliphatic rings. The third-order valence-corrected chi connectivity index (χ3v) is 5.12. The van der Waals surface area contributed by atoms with Crippen molar-refractivity contribution in [1.29, 1.82) is 0 Å². The Kier molecular flexibility index (Phi) is 3.96. The van der Waals surface area contributed by atoms with Crippen molar-refractivity contribution in [3.63, 3.8) is 0 Å². The lowest BCUT2D eigenvalue weighted by Gasteiger charge is -2.27. The van der Waals surface area contributed by atoms with Crippen LogP contribution in [0.5, 0.6) is 0 Å². The van der Waals surface area contributed by atoms with Gasteiger partial charge in [-0.25, -0.2) is 0 Å². The van der Waals surface area contributed by atoms with E-state index in [2.05, 4.69) is 5.32 Å². The van der Waals surface area contributed by atoms with Crippen molar-refractivity contribution in [2.24, 2.45) is 0 Å². The van der Waals surface area contributed by atoms with E-state index in [1.165, 1.54) is 6.42 Å². The molecule has 106 valence electrons. The van der Waals surface area contributed by atoms with E-state index in [-0.39, 0.29) is 23.6 Å². The molecule has 0 aromatic heterocycles. The van der Waals surface area contributed by atoms with E-state index in [0.717, 1.165) is 29.8 Å². The molecule has 5 heteroatoms. The van der Waals surface area contributed by atoms with Crippen molar-refractivity contribution in [2.75, 3.05) is 17.6 Å². The zero-order valence-corrected chi connectivity index (χ0v) is 12.1. The number of nitrogens with one attached hydrogen (secondary N) is 1. The zero-order valence-electron chi connectivity index (χ0n) is 11.3. The monoisotopic (exact) mass is 290 g/mol. The first-order valence-corrected chi connectivity index (χ1v) is 8.07. The van der Waals surface area contributed by atoms with Gasteiger partial charge in [0.25, 0.3) is 0 Å². The predicted octanol–water partition coefficient (Wildman–Crippen LogP) is 2.25. The quantitative estimate of drug-likeness (QED) is 0.863. The van der Waals surface area contributed by atoms with Crippen molar-refractivity contribution in [1.82, 2.24) is 4.90 Å². The average Bonchev–Trinajstić information content (AvgIpc) is 2.65. The van der Waals surface area contributed by atoms with Crippen LogP contribution in [0.15, 0.2) is 24.3 Å². The van der Waals surface area contributed by atoms with Gasteiger partial charge in [0.1, 0.15) is 6.54 Å². The first kappa shape index (κ1) is 13.5. The Hall–Kier alpha value is -1.49. The number of benzene rings is 1.